The molecule has 2 unspecified atom stereocenters. The lowest BCUT2D eigenvalue weighted by Gasteiger charge is -2.19. The molecule has 0 aliphatic heterocycles. The molecule has 0 spiro atoms. The third-order valence-electron chi connectivity index (χ3n) is 16.1. The molecule has 81 heavy (non-hydrogen) atoms. The lowest BCUT2D eigenvalue weighted by molar-refractivity contribution is 0.103. The van der Waals surface area contributed by atoms with Crippen LogP contribution in [-0.2, 0) is 5.41 Å². The molecule has 0 fully saturated rings. The van der Waals surface area contributed by atoms with Gasteiger partial charge in [0.25, 0.3) is 0 Å². The SMILES string of the molecule is CCCCCCC(CCCC)COc1cc(/C=C2\C(=O)c3ccccc3C2=C(C#N)C#N)sc1-c1cc2c(s1)-c1sc(-c3sc(/C=C4\C(=O)c5ccccc5C4=C(C#N)C#N)cc3OCC(CCCC)CCCCCC)cc1C2(C)C. The van der Waals surface area contributed by atoms with E-state index in [1.807, 2.05) is 48.6 Å². The predicted molar refractivity (Wildman–Crippen MR) is 335 cm³/mol. The molecule has 0 N–H and O–H groups in total. The van der Waals surface area contributed by atoms with Crippen LogP contribution in [0.15, 0.2) is 95.1 Å². The fourth-order valence-electron chi connectivity index (χ4n) is 11.6. The summed E-state index contributed by atoms with van der Waals surface area (Å²) in [6, 6.07) is 31.4. The number of Topliss-reactive ketones (excluding diaryl/α,β-unsaturated/α-hetero) is 2. The normalized spacial score (nSPS) is 15.4. The summed E-state index contributed by atoms with van der Waals surface area (Å²) < 4.78 is 13.9. The summed E-state index contributed by atoms with van der Waals surface area (Å²) in [5, 5.41) is 40.5. The van der Waals surface area contributed by atoms with Gasteiger partial charge < -0.3 is 9.47 Å². The number of unbranched alkanes of at least 4 members (excludes halogenated alkanes) is 8. The average molecular weight is 1150 g/mol. The summed E-state index contributed by atoms with van der Waals surface area (Å²) in [6.07, 6.45) is 22.2. The fraction of sp³-hybridized carbons (Fsp3) is 0.391. The Morgan fingerprint density at radius 2 is 0.864 bits per heavy atom. The van der Waals surface area contributed by atoms with E-state index in [1.165, 1.54) is 72.2 Å². The Labute approximate surface area is 495 Å². The molecule has 3 aliphatic rings. The molecular weight excluding hydrogens is 1080 g/mol. The van der Waals surface area contributed by atoms with Crippen LogP contribution >= 0.6 is 45.3 Å². The Kier molecular flexibility index (Phi) is 19.4. The van der Waals surface area contributed by atoms with Gasteiger partial charge in [-0.3, -0.25) is 9.59 Å². The first-order valence-corrected chi connectivity index (χ1v) is 32.3. The second-order valence-electron chi connectivity index (χ2n) is 22.2. The lowest BCUT2D eigenvalue weighted by Crippen LogP contribution is -2.13. The maximum atomic E-state index is 14.1. The van der Waals surface area contributed by atoms with E-state index < -0.39 is 0 Å². The number of ketones is 2. The zero-order valence-corrected chi connectivity index (χ0v) is 50.8. The number of nitrogens with zero attached hydrogens (tertiary/aromatic N) is 4. The molecule has 4 heterocycles. The van der Waals surface area contributed by atoms with Gasteiger partial charge in [0.2, 0.25) is 0 Å². The van der Waals surface area contributed by atoms with Crippen molar-refractivity contribution >= 4 is 80.2 Å². The van der Waals surface area contributed by atoms with Crippen LogP contribution in [0.4, 0.5) is 0 Å². The van der Waals surface area contributed by atoms with Crippen LogP contribution in [0.25, 0.3) is 52.6 Å². The summed E-state index contributed by atoms with van der Waals surface area (Å²) in [5.41, 5.74) is 5.51. The van der Waals surface area contributed by atoms with E-state index in [0.29, 0.717) is 69.6 Å². The van der Waals surface area contributed by atoms with Crippen molar-refractivity contribution in [1.29, 1.82) is 21.0 Å². The van der Waals surface area contributed by atoms with Gasteiger partial charge in [0, 0.05) is 68.1 Å². The Hall–Kier alpha value is -6.90. The number of allylic oxidation sites excluding steroid dienone is 6. The highest BCUT2D eigenvalue weighted by molar-refractivity contribution is 7.29. The van der Waals surface area contributed by atoms with Crippen LogP contribution in [0.1, 0.15) is 197 Å². The van der Waals surface area contributed by atoms with Gasteiger partial charge in [-0.1, -0.05) is 167 Å². The quantitative estimate of drug-likeness (QED) is 0.0296. The van der Waals surface area contributed by atoms with E-state index in [1.54, 1.807) is 69.6 Å². The summed E-state index contributed by atoms with van der Waals surface area (Å²) in [7, 11) is 0. The van der Waals surface area contributed by atoms with Crippen LogP contribution in [0.3, 0.4) is 0 Å². The van der Waals surface area contributed by atoms with Gasteiger partial charge in [-0.2, -0.15) is 21.0 Å². The Bertz CT molecular complexity index is 3380. The third-order valence-corrected chi connectivity index (χ3v) is 21.1. The van der Waals surface area contributed by atoms with E-state index in [4.69, 9.17) is 9.47 Å². The van der Waals surface area contributed by atoms with Gasteiger partial charge in [0.15, 0.2) is 11.6 Å². The molecule has 0 amide bonds. The summed E-state index contributed by atoms with van der Waals surface area (Å²) in [4.78, 5) is 36.4. The minimum absolute atomic E-state index is 0.0906. The second-order valence-corrected chi connectivity index (χ2v) is 26.4. The molecule has 414 valence electrons. The van der Waals surface area contributed by atoms with E-state index in [2.05, 4.69) is 78.0 Å². The minimum Gasteiger partial charge on any atom is -0.492 e. The molecule has 0 bridgehead atoms. The van der Waals surface area contributed by atoms with Crippen molar-refractivity contribution in [3.05, 3.63) is 138 Å². The molecule has 0 saturated heterocycles. The molecule has 2 atom stereocenters. The fourth-order valence-corrected chi connectivity index (χ4v) is 16.7. The Balaban J connectivity index is 1.12. The average Bonchev–Trinajstić information content (AvgIpc) is 2.79. The zero-order chi connectivity index (χ0) is 57.2. The van der Waals surface area contributed by atoms with Crippen LogP contribution in [0.5, 0.6) is 11.5 Å². The van der Waals surface area contributed by atoms with Gasteiger partial charge in [0.1, 0.15) is 46.9 Å². The Morgan fingerprint density at radius 1 is 0.494 bits per heavy atom. The summed E-state index contributed by atoms with van der Waals surface area (Å²) in [6.45, 7) is 14.7. The van der Waals surface area contributed by atoms with Crippen molar-refractivity contribution in [2.24, 2.45) is 11.8 Å². The first-order valence-electron chi connectivity index (χ1n) is 29.1. The van der Waals surface area contributed by atoms with Gasteiger partial charge in [-0.15, -0.1) is 45.3 Å². The molecule has 3 aliphatic carbocycles. The number of ether oxygens (including phenoxy) is 2. The number of fused-ring (bicyclic) bond motifs is 5. The van der Waals surface area contributed by atoms with E-state index >= 15 is 0 Å². The highest BCUT2D eigenvalue weighted by Gasteiger charge is 2.41. The van der Waals surface area contributed by atoms with Crippen molar-refractivity contribution in [2.75, 3.05) is 13.2 Å². The smallest absolute Gasteiger partial charge is 0.194 e. The first-order chi connectivity index (χ1) is 39.4. The van der Waals surface area contributed by atoms with Gasteiger partial charge in [0.05, 0.1) is 23.0 Å². The van der Waals surface area contributed by atoms with Crippen molar-refractivity contribution in [1.82, 2.24) is 0 Å². The van der Waals surface area contributed by atoms with Crippen molar-refractivity contribution < 1.29 is 19.1 Å². The largest absolute Gasteiger partial charge is 0.492 e. The highest BCUT2D eigenvalue weighted by Crippen LogP contribution is 2.60. The highest BCUT2D eigenvalue weighted by atomic mass is 32.1. The van der Waals surface area contributed by atoms with Gasteiger partial charge >= 0.3 is 0 Å². The summed E-state index contributed by atoms with van der Waals surface area (Å²) >= 11 is 6.66. The molecular formula is C69H70N4O4S4. The number of nitriles is 4. The maximum absolute atomic E-state index is 14.1. The molecule has 0 radical (unpaired) electrons. The minimum atomic E-state index is -0.354. The molecule has 0 saturated carbocycles. The van der Waals surface area contributed by atoms with Crippen LogP contribution < -0.4 is 9.47 Å². The number of carbonyl (C=O) groups excluding carboxylic acids is 2. The third kappa shape index (κ3) is 12.3. The predicted octanol–water partition coefficient (Wildman–Crippen LogP) is 20.0. The van der Waals surface area contributed by atoms with E-state index in [9.17, 15) is 30.6 Å². The van der Waals surface area contributed by atoms with Crippen molar-refractivity contribution in [3.8, 4) is 65.0 Å². The second kappa shape index (κ2) is 26.8. The molecule has 4 aromatic heterocycles. The topological polar surface area (TPSA) is 148 Å². The molecule has 8 nitrogen and oxygen atoms in total. The van der Waals surface area contributed by atoms with Crippen molar-refractivity contribution in [2.45, 2.75) is 150 Å². The van der Waals surface area contributed by atoms with Crippen molar-refractivity contribution in [3.63, 3.8) is 0 Å². The zero-order valence-electron chi connectivity index (χ0n) is 47.5. The van der Waals surface area contributed by atoms with E-state index in [-0.39, 0.29) is 28.1 Å². The van der Waals surface area contributed by atoms with Crippen LogP contribution in [0, 0.1) is 57.2 Å². The molecule has 2 aromatic carbocycles. The van der Waals surface area contributed by atoms with Crippen LogP contribution in [0.2, 0.25) is 0 Å². The number of thiophene rings is 4. The molecule has 12 heteroatoms. The van der Waals surface area contributed by atoms with Gasteiger partial charge in [-0.05, 0) is 96.2 Å². The molecule has 9 rings (SSSR count). The maximum Gasteiger partial charge on any atom is 0.194 e. The lowest BCUT2D eigenvalue weighted by atomic mass is 9.84. The monoisotopic (exact) mass is 1150 g/mol. The van der Waals surface area contributed by atoms with Crippen LogP contribution in [-0.4, -0.2) is 24.8 Å². The number of benzene rings is 2. The number of carbonyl (C=O) groups is 2. The van der Waals surface area contributed by atoms with Gasteiger partial charge in [-0.25, -0.2) is 0 Å². The standard InChI is InChI=1S/C69H70N4O4S4/c1-7-11-15-17-25-43(23-13-9-3)41-76-57-33-47(31-53-61(45(37-70)38-71)49-27-19-21-29-51(49)63(53)74)78-67(57)59-35-55-65(80-59)66-56(69(55,5)6)36-60(81-66)68-58(77-42-44(24-14-10-4)26-18-16-12-8-2)34-48(79-68)32-54-62(46(39-72)40-73)50-28-20-22-30-52(50)64(54)75/h19-22,27-36,43-44H,7-18,23-26,41-42H2,1-6H3/b53-31-,54-32-. The molecule has 6 aromatic rings. The number of rotatable bonds is 26. The van der Waals surface area contributed by atoms with E-state index in [0.717, 1.165) is 92.1 Å². The Morgan fingerprint density at radius 3 is 1.23 bits per heavy atom. The number of hydrogen-bond donors (Lipinski definition) is 0. The first kappa shape index (κ1) is 58.7. The summed E-state index contributed by atoms with van der Waals surface area (Å²) in [5.74, 6) is 1.93. The number of hydrogen-bond acceptors (Lipinski definition) is 12.